The van der Waals surface area contributed by atoms with E-state index in [0.717, 1.165) is 27.8 Å². The van der Waals surface area contributed by atoms with Gasteiger partial charge in [0.15, 0.2) is 0 Å². The molecule has 0 aliphatic carbocycles. The van der Waals surface area contributed by atoms with Gasteiger partial charge in [-0.1, -0.05) is 36.4 Å². The fraction of sp³-hybridized carbons (Fsp3) is 0.118. The number of fused-ring (bicyclic) bond motifs is 1. The molecule has 3 nitrogen and oxygen atoms in total. The zero-order chi connectivity index (χ0) is 13.8. The van der Waals surface area contributed by atoms with Crippen LogP contribution in [0.25, 0.3) is 10.9 Å². The van der Waals surface area contributed by atoms with Crippen LogP contribution in [0.15, 0.2) is 60.8 Å². The van der Waals surface area contributed by atoms with Crippen molar-refractivity contribution in [2.75, 3.05) is 0 Å². The van der Waals surface area contributed by atoms with Gasteiger partial charge in [0.2, 0.25) is 0 Å². The van der Waals surface area contributed by atoms with Crippen LogP contribution in [0.1, 0.15) is 11.1 Å². The Kier molecular flexibility index (Phi) is 3.61. The normalized spacial score (nSPS) is 10.7. The Bertz CT molecular complexity index is 720. The minimum atomic E-state index is -0.0206. The number of aliphatic hydroxyl groups excluding tert-OH is 1. The number of hydrogen-bond donors (Lipinski definition) is 1. The number of aromatic nitrogens is 1. The fourth-order valence-electron chi connectivity index (χ4n) is 2.21. The first-order valence-corrected chi connectivity index (χ1v) is 6.52. The largest absolute Gasteiger partial charge is 0.489 e. The van der Waals surface area contributed by atoms with Crippen LogP contribution in [0.3, 0.4) is 0 Å². The lowest BCUT2D eigenvalue weighted by molar-refractivity contribution is 0.259. The molecular weight excluding hydrogens is 250 g/mol. The van der Waals surface area contributed by atoms with Gasteiger partial charge in [-0.05, 0) is 18.2 Å². The van der Waals surface area contributed by atoms with E-state index < -0.39 is 0 Å². The molecule has 0 radical (unpaired) electrons. The number of nitrogens with zero attached hydrogens (tertiary/aromatic N) is 1. The summed E-state index contributed by atoms with van der Waals surface area (Å²) >= 11 is 0. The third-order valence-corrected chi connectivity index (χ3v) is 3.27. The number of para-hydroxylation sites is 2. The summed E-state index contributed by atoms with van der Waals surface area (Å²) in [4.78, 5) is 4.34. The van der Waals surface area contributed by atoms with E-state index in [4.69, 9.17) is 4.74 Å². The molecule has 0 unspecified atom stereocenters. The summed E-state index contributed by atoms with van der Waals surface area (Å²) in [6, 6.07) is 17.5. The highest BCUT2D eigenvalue weighted by atomic mass is 16.5. The lowest BCUT2D eigenvalue weighted by Crippen LogP contribution is -1.99. The van der Waals surface area contributed by atoms with Gasteiger partial charge in [-0.3, -0.25) is 4.98 Å². The molecule has 2 aromatic carbocycles. The molecule has 0 saturated carbocycles. The molecule has 20 heavy (non-hydrogen) atoms. The van der Waals surface area contributed by atoms with E-state index >= 15 is 0 Å². The van der Waals surface area contributed by atoms with E-state index in [2.05, 4.69) is 4.98 Å². The molecule has 0 aliphatic heterocycles. The highest BCUT2D eigenvalue weighted by molar-refractivity contribution is 5.81. The fourth-order valence-corrected chi connectivity index (χ4v) is 2.21. The van der Waals surface area contributed by atoms with E-state index in [1.807, 2.05) is 54.6 Å². The van der Waals surface area contributed by atoms with Crippen molar-refractivity contribution in [2.45, 2.75) is 13.2 Å². The van der Waals surface area contributed by atoms with Crippen molar-refractivity contribution in [3.8, 4) is 5.75 Å². The van der Waals surface area contributed by atoms with Crippen LogP contribution in [0.2, 0.25) is 0 Å². The minimum Gasteiger partial charge on any atom is -0.489 e. The Labute approximate surface area is 117 Å². The van der Waals surface area contributed by atoms with Crippen molar-refractivity contribution in [3.63, 3.8) is 0 Å². The minimum absolute atomic E-state index is 0.0206. The molecule has 3 heteroatoms. The quantitative estimate of drug-likeness (QED) is 0.787. The maximum absolute atomic E-state index is 9.30. The monoisotopic (exact) mass is 265 g/mol. The van der Waals surface area contributed by atoms with Crippen LogP contribution in [0.5, 0.6) is 5.75 Å². The molecule has 0 saturated heterocycles. The summed E-state index contributed by atoms with van der Waals surface area (Å²) in [6.07, 6.45) is 1.79. The summed E-state index contributed by atoms with van der Waals surface area (Å²) in [5.41, 5.74) is 2.85. The lowest BCUT2D eigenvalue weighted by atomic mass is 10.1. The zero-order valence-corrected chi connectivity index (χ0v) is 11.0. The molecule has 1 heterocycles. The number of rotatable bonds is 4. The van der Waals surface area contributed by atoms with Crippen LogP contribution >= 0.6 is 0 Å². The Hall–Kier alpha value is -2.39. The third kappa shape index (κ3) is 2.49. The van der Waals surface area contributed by atoms with E-state index in [1.165, 1.54) is 0 Å². The molecule has 3 aromatic rings. The summed E-state index contributed by atoms with van der Waals surface area (Å²) in [6.45, 7) is 0.438. The van der Waals surface area contributed by atoms with Crippen molar-refractivity contribution < 1.29 is 9.84 Å². The first-order valence-electron chi connectivity index (χ1n) is 6.52. The van der Waals surface area contributed by atoms with E-state index in [0.29, 0.717) is 6.61 Å². The molecule has 0 atom stereocenters. The van der Waals surface area contributed by atoms with E-state index in [9.17, 15) is 5.11 Å². The number of pyridine rings is 1. The van der Waals surface area contributed by atoms with Gasteiger partial charge in [0.1, 0.15) is 12.4 Å². The van der Waals surface area contributed by atoms with Crippen LogP contribution in [0, 0.1) is 0 Å². The molecule has 0 amide bonds. The van der Waals surface area contributed by atoms with Crippen LogP contribution in [-0.2, 0) is 13.2 Å². The molecule has 100 valence electrons. The maximum Gasteiger partial charge on any atom is 0.125 e. The predicted molar refractivity (Wildman–Crippen MR) is 78.4 cm³/mol. The second-order valence-corrected chi connectivity index (χ2v) is 4.54. The third-order valence-electron chi connectivity index (χ3n) is 3.27. The van der Waals surface area contributed by atoms with Gasteiger partial charge in [-0.15, -0.1) is 0 Å². The first kappa shape index (κ1) is 12.6. The number of hydrogen-bond acceptors (Lipinski definition) is 3. The van der Waals surface area contributed by atoms with E-state index in [-0.39, 0.29) is 6.61 Å². The van der Waals surface area contributed by atoms with Gasteiger partial charge in [0, 0.05) is 22.7 Å². The van der Waals surface area contributed by atoms with Crippen molar-refractivity contribution in [3.05, 3.63) is 71.9 Å². The van der Waals surface area contributed by atoms with Gasteiger partial charge in [-0.25, -0.2) is 0 Å². The second kappa shape index (κ2) is 5.72. The molecular formula is C17H15NO2. The predicted octanol–water partition coefficient (Wildman–Crippen LogP) is 3.31. The van der Waals surface area contributed by atoms with Crippen LogP contribution in [0.4, 0.5) is 0 Å². The second-order valence-electron chi connectivity index (χ2n) is 4.54. The molecule has 0 fully saturated rings. The smallest absolute Gasteiger partial charge is 0.125 e. The molecule has 3 rings (SSSR count). The number of benzene rings is 2. The average Bonchev–Trinajstić information content (AvgIpc) is 2.53. The van der Waals surface area contributed by atoms with Crippen molar-refractivity contribution in [1.29, 1.82) is 0 Å². The van der Waals surface area contributed by atoms with Gasteiger partial charge in [0.25, 0.3) is 0 Å². The summed E-state index contributed by atoms with van der Waals surface area (Å²) < 4.78 is 5.83. The molecule has 0 aliphatic rings. The van der Waals surface area contributed by atoms with E-state index in [1.54, 1.807) is 6.20 Å². The SMILES string of the molecule is OCc1ccccc1OCc1ccnc2ccccc12. The van der Waals surface area contributed by atoms with Crippen LogP contribution in [-0.4, -0.2) is 10.1 Å². The summed E-state index contributed by atoms with van der Waals surface area (Å²) in [7, 11) is 0. The van der Waals surface area contributed by atoms with Crippen molar-refractivity contribution >= 4 is 10.9 Å². The summed E-state index contributed by atoms with van der Waals surface area (Å²) in [5, 5.41) is 10.4. The Morgan fingerprint density at radius 2 is 1.70 bits per heavy atom. The Morgan fingerprint density at radius 3 is 2.60 bits per heavy atom. The lowest BCUT2D eigenvalue weighted by Gasteiger charge is -2.11. The van der Waals surface area contributed by atoms with Gasteiger partial charge in [0.05, 0.1) is 12.1 Å². The van der Waals surface area contributed by atoms with Gasteiger partial charge in [-0.2, -0.15) is 0 Å². The van der Waals surface area contributed by atoms with Crippen molar-refractivity contribution in [2.24, 2.45) is 0 Å². The highest BCUT2D eigenvalue weighted by Crippen LogP contribution is 2.21. The molecule has 0 spiro atoms. The van der Waals surface area contributed by atoms with Crippen LogP contribution < -0.4 is 4.74 Å². The zero-order valence-electron chi connectivity index (χ0n) is 11.0. The van der Waals surface area contributed by atoms with Gasteiger partial charge < -0.3 is 9.84 Å². The summed E-state index contributed by atoms with van der Waals surface area (Å²) in [5.74, 6) is 0.718. The van der Waals surface area contributed by atoms with Crippen molar-refractivity contribution in [1.82, 2.24) is 4.98 Å². The molecule has 1 aromatic heterocycles. The maximum atomic E-state index is 9.30. The first-order chi connectivity index (χ1) is 9.88. The standard InChI is InChI=1S/C17H15NO2/c19-11-13-5-1-4-8-17(13)20-12-14-9-10-18-16-7-3-2-6-15(14)16/h1-10,19H,11-12H2. The highest BCUT2D eigenvalue weighted by Gasteiger charge is 2.05. The number of ether oxygens (including phenoxy) is 1. The molecule has 1 N–H and O–H groups in total. The average molecular weight is 265 g/mol. The Morgan fingerprint density at radius 1 is 0.900 bits per heavy atom. The molecule has 0 bridgehead atoms. The van der Waals surface area contributed by atoms with Gasteiger partial charge >= 0.3 is 0 Å². The Balaban J connectivity index is 1.87. The number of aliphatic hydroxyl groups is 1. The topological polar surface area (TPSA) is 42.4 Å².